The highest BCUT2D eigenvalue weighted by Crippen LogP contribution is 2.47. The third-order valence-electron chi connectivity index (χ3n) is 16.0. The molecular weight excluding hydrogens is 837 g/mol. The van der Waals surface area contributed by atoms with E-state index in [1.807, 2.05) is 0 Å². The molecule has 13 N–H and O–H groups in total. The number of hydrogen-bond donors (Lipinski definition) is 12. The largest absolute Gasteiger partial charge is 0.286 e. The lowest BCUT2D eigenvalue weighted by Crippen LogP contribution is -2.61. The Hall–Kier alpha value is -0.680. The number of rotatable bonds is 6. The van der Waals surface area contributed by atoms with E-state index in [4.69, 9.17) is 5.14 Å². The van der Waals surface area contributed by atoms with Gasteiger partial charge in [0.25, 0.3) is 20.2 Å². The van der Waals surface area contributed by atoms with Crippen LogP contribution >= 0.6 is 0 Å². The maximum absolute atomic E-state index is 13.4. The fourth-order valence-electron chi connectivity index (χ4n) is 13.3. The second-order valence-corrected chi connectivity index (χ2v) is 26.2. The minimum absolute atomic E-state index is 0.0164. The lowest BCUT2D eigenvalue weighted by atomic mass is 9.76. The Morgan fingerprint density at radius 2 is 0.690 bits per heavy atom. The second-order valence-electron chi connectivity index (χ2n) is 18.9. The molecular formula is C34H62N10O10S4. The van der Waals surface area contributed by atoms with E-state index in [0.29, 0.717) is 70.8 Å². The minimum atomic E-state index is -4.29. The third kappa shape index (κ3) is 7.95. The molecule has 332 valence electrons. The Morgan fingerprint density at radius 1 is 0.431 bits per heavy atom. The van der Waals surface area contributed by atoms with Crippen LogP contribution in [0.1, 0.15) is 84.0 Å². The predicted molar refractivity (Wildman–Crippen MR) is 213 cm³/mol. The number of hydrogen-bond acceptors (Lipinski definition) is 16. The first-order chi connectivity index (χ1) is 27.3. The lowest BCUT2D eigenvalue weighted by molar-refractivity contribution is 0.168. The summed E-state index contributed by atoms with van der Waals surface area (Å²) in [5.74, 6) is -0.634. The summed E-state index contributed by atoms with van der Waals surface area (Å²) >= 11 is 0. The highest BCUT2D eigenvalue weighted by atomic mass is 32.2. The van der Waals surface area contributed by atoms with Crippen molar-refractivity contribution in [1.82, 2.24) is 47.3 Å². The Morgan fingerprint density at radius 3 is 0.983 bits per heavy atom. The molecule has 9 fully saturated rings. The second kappa shape index (κ2) is 15.5. The molecule has 5 saturated heterocycles. The summed E-state index contributed by atoms with van der Waals surface area (Å²) in [5.41, 5.74) is 0. The molecule has 20 unspecified atom stereocenters. The molecule has 0 radical (unpaired) electrons. The van der Waals surface area contributed by atoms with Crippen LogP contribution in [0.5, 0.6) is 0 Å². The van der Waals surface area contributed by atoms with Crippen LogP contribution < -0.4 is 52.4 Å². The Bertz CT molecular complexity index is 1980. The first-order valence-electron chi connectivity index (χ1n) is 21.3. The summed E-state index contributed by atoms with van der Waals surface area (Å²) in [7, 11) is -15.9. The van der Waals surface area contributed by atoms with E-state index in [9.17, 15) is 42.8 Å². The van der Waals surface area contributed by atoms with Gasteiger partial charge in [0.1, 0.15) is 0 Å². The van der Waals surface area contributed by atoms with Gasteiger partial charge in [0.2, 0.25) is 20.0 Å². The summed E-state index contributed by atoms with van der Waals surface area (Å²) in [6, 6.07) is 0. The van der Waals surface area contributed by atoms with Crippen LogP contribution in [0.25, 0.3) is 0 Å². The zero-order valence-corrected chi connectivity index (χ0v) is 35.9. The van der Waals surface area contributed by atoms with Crippen LogP contribution in [-0.4, -0.2) is 120 Å². The Kier molecular flexibility index (Phi) is 11.4. The van der Waals surface area contributed by atoms with Gasteiger partial charge in [0.15, 0.2) is 0 Å². The van der Waals surface area contributed by atoms with Gasteiger partial charge < -0.3 is 0 Å². The van der Waals surface area contributed by atoms with E-state index < -0.39 is 67.4 Å². The van der Waals surface area contributed by atoms with Gasteiger partial charge in [-0.1, -0.05) is 6.92 Å². The van der Waals surface area contributed by atoms with Gasteiger partial charge >= 0.3 is 0 Å². The van der Waals surface area contributed by atoms with Crippen molar-refractivity contribution in [3.8, 4) is 0 Å². The van der Waals surface area contributed by atoms with Crippen molar-refractivity contribution in [2.75, 3.05) is 6.54 Å². The zero-order valence-electron chi connectivity index (χ0n) is 32.6. The monoisotopic (exact) mass is 898 g/mol. The van der Waals surface area contributed by atoms with Crippen LogP contribution in [-0.2, 0) is 40.3 Å². The molecule has 9 rings (SSSR count). The quantitative estimate of drug-likeness (QED) is 0.123. The molecule has 0 amide bonds. The molecule has 58 heavy (non-hydrogen) atoms. The summed E-state index contributed by atoms with van der Waals surface area (Å²) in [6.45, 7) is 2.07. The van der Waals surface area contributed by atoms with E-state index in [1.165, 1.54) is 0 Å². The first-order valence-corrected chi connectivity index (χ1v) is 27.5. The normalized spacial score (nSPS) is 49.7. The SMILES string of the molecule is CCNS(=O)(=O)C1CCC2C3NC4NC(NC5NC(NC6NC(NC(N3)C2C1)C1CCC(S(N)(=O)=O)CC61)C1CCC(S(=O)(=O)O)CC51)C1CCC(S(=O)(=O)O)CC41. The zero-order chi connectivity index (χ0) is 41.1. The van der Waals surface area contributed by atoms with Gasteiger partial charge in [-0.15, -0.1) is 0 Å². The maximum Gasteiger partial charge on any atom is 0.267 e. The highest BCUT2D eigenvalue weighted by Gasteiger charge is 2.58. The maximum atomic E-state index is 13.4. The van der Waals surface area contributed by atoms with Crippen molar-refractivity contribution >= 4 is 40.3 Å². The van der Waals surface area contributed by atoms with E-state index in [0.717, 1.165) is 0 Å². The van der Waals surface area contributed by atoms with Crippen molar-refractivity contribution in [3.63, 3.8) is 0 Å². The summed E-state index contributed by atoms with van der Waals surface area (Å²) < 4.78 is 125. The van der Waals surface area contributed by atoms with Crippen LogP contribution in [0, 0.1) is 47.3 Å². The van der Waals surface area contributed by atoms with Crippen molar-refractivity contribution in [3.05, 3.63) is 0 Å². The molecule has 5 heterocycles. The molecule has 20 atom stereocenters. The molecule has 9 aliphatic rings. The van der Waals surface area contributed by atoms with E-state index in [2.05, 4.69) is 47.3 Å². The van der Waals surface area contributed by atoms with Crippen LogP contribution in [0.2, 0.25) is 0 Å². The number of nitrogens with one attached hydrogen (secondary N) is 9. The third-order valence-corrected chi connectivity index (χ3v) is 21.9. The molecule has 5 aliphatic heterocycles. The van der Waals surface area contributed by atoms with Gasteiger partial charge in [-0.3, -0.25) is 51.6 Å². The molecule has 0 aromatic heterocycles. The number of fused-ring (bicyclic) bond motifs is 20. The van der Waals surface area contributed by atoms with Gasteiger partial charge in [-0.2, -0.15) is 16.8 Å². The fraction of sp³-hybridized carbons (Fsp3) is 1.00. The molecule has 24 heteroatoms. The van der Waals surface area contributed by atoms with Crippen LogP contribution in [0.4, 0.5) is 0 Å². The Balaban J connectivity index is 1.08. The van der Waals surface area contributed by atoms with Gasteiger partial charge in [-0.25, -0.2) is 26.7 Å². The predicted octanol–water partition coefficient (Wildman–Crippen LogP) is -2.48. The molecule has 0 aromatic rings. The van der Waals surface area contributed by atoms with Crippen molar-refractivity contribution in [2.45, 2.75) is 154 Å². The summed E-state index contributed by atoms with van der Waals surface area (Å²) in [6.07, 6.45) is 2.44. The Labute approximate surface area is 342 Å². The molecule has 4 aliphatic carbocycles. The number of nitrogens with two attached hydrogens (primary N) is 1. The molecule has 4 saturated carbocycles. The van der Waals surface area contributed by atoms with Crippen molar-refractivity contribution in [1.29, 1.82) is 0 Å². The standard InChI is InChI=1S/C34H62N10O10S4/c1-2-36-56(47,48)16-4-8-20-24(12-16)32-39-27-19-7-3-15(55(35,45)46)11-23(19)31(37-27)38-29-21-9-5-17(57(49,50)51)13-25(21)34(42-29)44-30-22-10-6-18(58(52,53)54)14-26(22)33(43-30)41-28(20)40-32/h15-34,36-44H,2-14H2,1H3,(H2,35,45,46)(H,49,50,51)(H,52,53,54). The smallest absolute Gasteiger partial charge is 0.267 e. The average molecular weight is 899 g/mol. The van der Waals surface area contributed by atoms with Gasteiger partial charge in [0.05, 0.1) is 70.3 Å². The highest BCUT2D eigenvalue weighted by molar-refractivity contribution is 7.90. The average Bonchev–Trinajstić information content (AvgIpc) is 3.88. The van der Waals surface area contributed by atoms with Gasteiger partial charge in [0, 0.05) is 6.54 Å². The van der Waals surface area contributed by atoms with Crippen LogP contribution in [0.3, 0.4) is 0 Å². The summed E-state index contributed by atoms with van der Waals surface area (Å²) in [4.78, 5) is 0. The van der Waals surface area contributed by atoms with Crippen molar-refractivity contribution in [2.24, 2.45) is 52.5 Å². The number of sulfonamides is 2. The van der Waals surface area contributed by atoms with Gasteiger partial charge in [-0.05, 0) is 124 Å². The molecule has 20 nitrogen and oxygen atoms in total. The minimum Gasteiger partial charge on any atom is -0.286 e. The van der Waals surface area contributed by atoms with E-state index in [1.54, 1.807) is 6.92 Å². The summed E-state index contributed by atoms with van der Waals surface area (Å²) in [5, 5.41) is 33.1. The van der Waals surface area contributed by atoms with Crippen molar-refractivity contribution < 1.29 is 42.8 Å². The lowest BCUT2D eigenvalue weighted by Gasteiger charge is -2.38. The van der Waals surface area contributed by atoms with E-state index >= 15 is 0 Å². The molecule has 0 aromatic carbocycles. The fourth-order valence-corrected chi connectivity index (χ4v) is 17.6. The first kappa shape index (κ1) is 42.6. The topological polar surface area (TPSA) is 311 Å². The number of primary sulfonamides is 1. The van der Waals surface area contributed by atoms with Crippen LogP contribution in [0.15, 0.2) is 0 Å². The molecule has 0 spiro atoms. The molecule has 8 bridgehead atoms. The van der Waals surface area contributed by atoms with E-state index in [-0.39, 0.29) is 103 Å².